The van der Waals surface area contributed by atoms with Gasteiger partial charge in [-0.2, -0.15) is 0 Å². The molecule has 110 valence electrons. The fourth-order valence-electron chi connectivity index (χ4n) is 3.37. The third-order valence-corrected chi connectivity index (χ3v) is 4.40. The van der Waals surface area contributed by atoms with Crippen molar-refractivity contribution in [3.8, 4) is 0 Å². The van der Waals surface area contributed by atoms with Gasteiger partial charge in [-0.1, -0.05) is 0 Å². The molecule has 0 saturated carbocycles. The number of hydrogen-bond acceptors (Lipinski definition) is 5. The molecular weight excluding hydrogens is 252 g/mol. The number of anilines is 1. The molecule has 3 heterocycles. The third-order valence-electron chi connectivity index (χ3n) is 4.40. The van der Waals surface area contributed by atoms with Gasteiger partial charge in [-0.05, 0) is 27.8 Å². The number of fused-ring (bicyclic) bond motifs is 3. The third kappa shape index (κ3) is 2.52. The van der Waals surface area contributed by atoms with Gasteiger partial charge in [0.05, 0.1) is 19.3 Å². The van der Waals surface area contributed by atoms with Crippen molar-refractivity contribution in [3.05, 3.63) is 17.1 Å². The molecule has 1 aromatic heterocycles. The van der Waals surface area contributed by atoms with E-state index in [0.29, 0.717) is 12.0 Å². The van der Waals surface area contributed by atoms with Gasteiger partial charge in [-0.15, -0.1) is 0 Å². The van der Waals surface area contributed by atoms with Crippen LogP contribution in [0.4, 0.5) is 5.82 Å². The molecule has 1 aromatic rings. The average Bonchev–Trinajstić information content (AvgIpc) is 2.63. The Hall–Kier alpha value is -1.20. The smallest absolute Gasteiger partial charge is 0.135 e. The summed E-state index contributed by atoms with van der Waals surface area (Å²) in [5, 5.41) is 0. The molecule has 0 N–H and O–H groups in total. The van der Waals surface area contributed by atoms with Crippen LogP contribution in [0, 0.1) is 26.7 Å². The fourth-order valence-corrected chi connectivity index (χ4v) is 3.37. The van der Waals surface area contributed by atoms with Crippen molar-refractivity contribution in [2.45, 2.75) is 26.8 Å². The SMILES string of the molecule is Cc1nc(C)c(C)c(N2C[C@H]3COC[C@@H]2CN(C)C3)n1. The van der Waals surface area contributed by atoms with E-state index in [2.05, 4.69) is 35.7 Å². The maximum Gasteiger partial charge on any atom is 0.135 e. The zero-order chi connectivity index (χ0) is 14.3. The van der Waals surface area contributed by atoms with E-state index in [4.69, 9.17) is 9.72 Å². The molecule has 0 spiro atoms. The number of likely N-dealkylation sites (N-methyl/N-ethyl adjacent to an activating group) is 1. The Bertz CT molecular complexity index is 505. The normalized spacial score (nSPS) is 27.5. The summed E-state index contributed by atoms with van der Waals surface area (Å²) in [5.74, 6) is 2.52. The van der Waals surface area contributed by atoms with Gasteiger partial charge >= 0.3 is 0 Å². The topological polar surface area (TPSA) is 41.5 Å². The minimum Gasteiger partial charge on any atom is -0.379 e. The molecule has 0 aromatic carbocycles. The van der Waals surface area contributed by atoms with Crippen LogP contribution in [0.25, 0.3) is 0 Å². The molecule has 2 saturated heterocycles. The fraction of sp³-hybridized carbons (Fsp3) is 0.733. The Morgan fingerprint density at radius 3 is 2.65 bits per heavy atom. The van der Waals surface area contributed by atoms with Gasteiger partial charge in [0.2, 0.25) is 0 Å². The summed E-state index contributed by atoms with van der Waals surface area (Å²) in [7, 11) is 2.21. The van der Waals surface area contributed by atoms with Gasteiger partial charge in [-0.3, -0.25) is 0 Å². The Balaban J connectivity index is 2.00. The van der Waals surface area contributed by atoms with Crippen molar-refractivity contribution in [2.75, 3.05) is 44.8 Å². The zero-order valence-corrected chi connectivity index (χ0v) is 12.9. The summed E-state index contributed by atoms with van der Waals surface area (Å²) in [5.41, 5.74) is 2.28. The highest BCUT2D eigenvalue weighted by atomic mass is 16.5. The van der Waals surface area contributed by atoms with Crippen LogP contribution in [-0.2, 0) is 4.74 Å². The molecule has 3 rings (SSSR count). The monoisotopic (exact) mass is 276 g/mol. The molecule has 2 aliphatic heterocycles. The van der Waals surface area contributed by atoms with Gasteiger partial charge in [0.1, 0.15) is 11.6 Å². The number of hydrogen-bond donors (Lipinski definition) is 0. The van der Waals surface area contributed by atoms with E-state index in [1.54, 1.807) is 0 Å². The van der Waals surface area contributed by atoms with E-state index in [0.717, 1.165) is 50.2 Å². The summed E-state index contributed by atoms with van der Waals surface area (Å²) in [4.78, 5) is 14.1. The lowest BCUT2D eigenvalue weighted by atomic mass is 10.1. The molecule has 0 amide bonds. The molecular formula is C15H24N4O. The average molecular weight is 276 g/mol. The Labute approximate surface area is 121 Å². The van der Waals surface area contributed by atoms with E-state index in [-0.39, 0.29) is 0 Å². The largest absolute Gasteiger partial charge is 0.379 e. The second-order valence-electron chi connectivity index (χ2n) is 6.24. The van der Waals surface area contributed by atoms with Gasteiger partial charge in [0, 0.05) is 36.8 Å². The highest BCUT2D eigenvalue weighted by Gasteiger charge is 2.33. The summed E-state index contributed by atoms with van der Waals surface area (Å²) in [6.45, 7) is 11.0. The molecule has 0 unspecified atom stereocenters. The number of aryl methyl sites for hydroxylation is 2. The molecule has 0 radical (unpaired) electrons. The maximum absolute atomic E-state index is 5.85. The first-order valence-corrected chi connectivity index (χ1v) is 7.39. The lowest BCUT2D eigenvalue weighted by molar-refractivity contribution is 0.0724. The van der Waals surface area contributed by atoms with E-state index in [1.165, 1.54) is 5.56 Å². The van der Waals surface area contributed by atoms with Crippen molar-refractivity contribution < 1.29 is 4.74 Å². The van der Waals surface area contributed by atoms with Gasteiger partial charge in [0.15, 0.2) is 0 Å². The quantitative estimate of drug-likeness (QED) is 0.770. The summed E-state index contributed by atoms with van der Waals surface area (Å²) < 4.78 is 5.85. The van der Waals surface area contributed by atoms with Crippen molar-refractivity contribution in [3.63, 3.8) is 0 Å². The van der Waals surface area contributed by atoms with Crippen molar-refractivity contribution in [1.29, 1.82) is 0 Å². The highest BCUT2D eigenvalue weighted by Crippen LogP contribution is 2.27. The van der Waals surface area contributed by atoms with Crippen molar-refractivity contribution >= 4 is 5.82 Å². The van der Waals surface area contributed by atoms with E-state index in [1.807, 2.05) is 6.92 Å². The number of rotatable bonds is 1. The first kappa shape index (κ1) is 13.8. The van der Waals surface area contributed by atoms with E-state index >= 15 is 0 Å². The van der Waals surface area contributed by atoms with Gasteiger partial charge in [-0.25, -0.2) is 9.97 Å². The molecule has 20 heavy (non-hydrogen) atoms. The summed E-state index contributed by atoms with van der Waals surface area (Å²) in [6, 6.07) is 0.389. The van der Waals surface area contributed by atoms with Crippen LogP contribution in [0.5, 0.6) is 0 Å². The minimum absolute atomic E-state index is 0.389. The van der Waals surface area contributed by atoms with Gasteiger partial charge < -0.3 is 14.5 Å². The van der Waals surface area contributed by atoms with Crippen LogP contribution in [0.15, 0.2) is 0 Å². The summed E-state index contributed by atoms with van der Waals surface area (Å²) in [6.07, 6.45) is 0. The molecule has 2 fully saturated rings. The van der Waals surface area contributed by atoms with E-state index in [9.17, 15) is 0 Å². The second kappa shape index (κ2) is 5.30. The molecule has 5 nitrogen and oxygen atoms in total. The highest BCUT2D eigenvalue weighted by molar-refractivity contribution is 5.49. The maximum atomic E-state index is 5.85. The van der Waals surface area contributed by atoms with Crippen LogP contribution in [0.1, 0.15) is 17.1 Å². The lowest BCUT2D eigenvalue weighted by Gasteiger charge is -2.32. The summed E-state index contributed by atoms with van der Waals surface area (Å²) >= 11 is 0. The van der Waals surface area contributed by atoms with Crippen LogP contribution < -0.4 is 4.90 Å². The predicted molar refractivity (Wildman–Crippen MR) is 79.2 cm³/mol. The predicted octanol–water partition coefficient (Wildman–Crippen LogP) is 1.17. The van der Waals surface area contributed by atoms with Crippen LogP contribution in [0.3, 0.4) is 0 Å². The molecule has 5 heteroatoms. The number of aromatic nitrogens is 2. The first-order chi connectivity index (χ1) is 9.54. The van der Waals surface area contributed by atoms with Crippen LogP contribution in [-0.4, -0.2) is 60.8 Å². The Morgan fingerprint density at radius 2 is 1.85 bits per heavy atom. The van der Waals surface area contributed by atoms with E-state index < -0.39 is 0 Å². The number of ether oxygens (including phenoxy) is 1. The second-order valence-corrected chi connectivity index (χ2v) is 6.24. The molecule has 2 bridgehead atoms. The number of nitrogens with zero attached hydrogens (tertiary/aromatic N) is 4. The standard InChI is InChI=1S/C15H24N4O/c1-10-11(2)16-12(3)17-15(10)19-6-13-5-18(4)7-14(19)9-20-8-13/h13-14H,5-9H2,1-4H3/t13-,14-/m0/s1. The molecule has 2 atom stereocenters. The Kier molecular flexibility index (Phi) is 3.65. The van der Waals surface area contributed by atoms with Crippen molar-refractivity contribution in [1.82, 2.24) is 14.9 Å². The van der Waals surface area contributed by atoms with Crippen LogP contribution >= 0.6 is 0 Å². The zero-order valence-electron chi connectivity index (χ0n) is 12.9. The molecule has 2 aliphatic rings. The minimum atomic E-state index is 0.389. The molecule has 0 aliphatic carbocycles. The first-order valence-electron chi connectivity index (χ1n) is 7.39. The van der Waals surface area contributed by atoms with Gasteiger partial charge in [0.25, 0.3) is 0 Å². The Morgan fingerprint density at radius 1 is 1.05 bits per heavy atom. The van der Waals surface area contributed by atoms with Crippen molar-refractivity contribution in [2.24, 2.45) is 5.92 Å². The lowest BCUT2D eigenvalue weighted by Crippen LogP contribution is -2.43. The van der Waals surface area contributed by atoms with Crippen LogP contribution in [0.2, 0.25) is 0 Å².